The molecule has 1 aromatic heterocycles. The van der Waals surface area contributed by atoms with Crippen molar-refractivity contribution in [2.45, 2.75) is 43.4 Å². The van der Waals surface area contributed by atoms with Gasteiger partial charge >= 0.3 is 0 Å². The Morgan fingerprint density at radius 1 is 1.09 bits per heavy atom. The first kappa shape index (κ1) is 22.5. The van der Waals surface area contributed by atoms with Gasteiger partial charge in [-0.25, -0.2) is 8.42 Å². The molecule has 1 aliphatic heterocycles. The summed E-state index contributed by atoms with van der Waals surface area (Å²) in [5, 5.41) is 0.372. The molecular formula is C25H25ClN2O3S. The van der Waals surface area contributed by atoms with Crippen molar-refractivity contribution in [1.29, 1.82) is 0 Å². The Kier molecular flexibility index (Phi) is 6.63. The zero-order valence-electron chi connectivity index (χ0n) is 17.9. The van der Waals surface area contributed by atoms with Gasteiger partial charge in [0.15, 0.2) is 0 Å². The lowest BCUT2D eigenvalue weighted by Gasteiger charge is -2.25. The van der Waals surface area contributed by atoms with Crippen molar-refractivity contribution in [3.63, 3.8) is 0 Å². The predicted molar refractivity (Wildman–Crippen MR) is 127 cm³/mol. The number of sulfonamides is 1. The number of aryl methyl sites for hydroxylation is 1. The van der Waals surface area contributed by atoms with Gasteiger partial charge in [0.25, 0.3) is 10.0 Å². The summed E-state index contributed by atoms with van der Waals surface area (Å²) in [6.45, 7) is 2.26. The number of Topliss-reactive ketones (excluding diaryl/α,β-unsaturated/α-hetero) is 1. The van der Waals surface area contributed by atoms with Crippen LogP contribution in [0.2, 0.25) is 5.02 Å². The van der Waals surface area contributed by atoms with Gasteiger partial charge in [0.2, 0.25) is 0 Å². The molecule has 0 radical (unpaired) electrons. The van der Waals surface area contributed by atoms with Crippen molar-refractivity contribution in [2.24, 2.45) is 0 Å². The number of carbonyl (C=O) groups excluding carboxylic acids is 1. The topological polar surface area (TPSA) is 67.3 Å². The second kappa shape index (κ2) is 9.43. The van der Waals surface area contributed by atoms with Crippen LogP contribution in [0.1, 0.15) is 42.5 Å². The van der Waals surface area contributed by atoms with E-state index in [1.807, 2.05) is 37.3 Å². The molecule has 1 aliphatic rings. The summed E-state index contributed by atoms with van der Waals surface area (Å²) in [7, 11) is -3.79. The molecule has 0 unspecified atom stereocenters. The van der Waals surface area contributed by atoms with Crippen molar-refractivity contribution in [3.8, 4) is 0 Å². The lowest BCUT2D eigenvalue weighted by atomic mass is 9.94. The molecule has 0 aliphatic carbocycles. The maximum Gasteiger partial charge on any atom is 0.264 e. The summed E-state index contributed by atoms with van der Waals surface area (Å²) in [6.07, 6.45) is 4.23. The van der Waals surface area contributed by atoms with Gasteiger partial charge in [0, 0.05) is 35.8 Å². The Bertz CT molecular complexity index is 1230. The molecule has 1 atom stereocenters. The van der Waals surface area contributed by atoms with Crippen LogP contribution in [0.4, 0.5) is 5.69 Å². The summed E-state index contributed by atoms with van der Waals surface area (Å²) in [6, 6.07) is 17.7. The zero-order valence-corrected chi connectivity index (χ0v) is 19.4. The number of hydrogen-bond acceptors (Lipinski definition) is 4. The lowest BCUT2D eigenvalue weighted by molar-refractivity contribution is -0.119. The molecule has 0 N–H and O–H groups in total. The molecule has 7 heteroatoms. The van der Waals surface area contributed by atoms with Crippen molar-refractivity contribution in [2.75, 3.05) is 10.8 Å². The third-order valence-electron chi connectivity index (χ3n) is 5.87. The van der Waals surface area contributed by atoms with Crippen LogP contribution in [-0.4, -0.2) is 25.7 Å². The molecule has 0 bridgehead atoms. The van der Waals surface area contributed by atoms with Crippen LogP contribution in [0.5, 0.6) is 0 Å². The molecule has 2 heterocycles. The van der Waals surface area contributed by atoms with Crippen LogP contribution < -0.4 is 4.31 Å². The summed E-state index contributed by atoms with van der Waals surface area (Å²) in [5.41, 5.74) is 3.01. The quantitative estimate of drug-likeness (QED) is 0.499. The van der Waals surface area contributed by atoms with Gasteiger partial charge in [0.05, 0.1) is 10.6 Å². The molecule has 0 amide bonds. The third-order valence-corrected chi connectivity index (χ3v) is 7.91. The molecule has 0 saturated heterocycles. The average Bonchev–Trinajstić information content (AvgIpc) is 3.01. The van der Waals surface area contributed by atoms with Crippen molar-refractivity contribution < 1.29 is 13.2 Å². The van der Waals surface area contributed by atoms with E-state index in [0.29, 0.717) is 22.9 Å². The average molecular weight is 469 g/mol. The lowest BCUT2D eigenvalue weighted by Crippen LogP contribution is -2.32. The Hall–Kier alpha value is -2.70. The standard InChI is InChI=1S/C25H25ClN2O3S/c1-18(19-8-3-2-4-9-19)25(29)16-22-15-24-20(17-27-22)10-5-6-13-28(24)32(30,31)23-12-7-11-21(26)14-23/h2-4,7-9,11-12,14-15,17-18H,5-6,10,13,16H2,1H3/t18-/m0/s1. The zero-order chi connectivity index (χ0) is 22.7. The van der Waals surface area contributed by atoms with Gasteiger partial charge in [-0.15, -0.1) is 0 Å². The highest BCUT2D eigenvalue weighted by Crippen LogP contribution is 2.32. The Morgan fingerprint density at radius 2 is 1.88 bits per heavy atom. The number of rotatable bonds is 6. The fourth-order valence-electron chi connectivity index (χ4n) is 3.99. The van der Waals surface area contributed by atoms with Gasteiger partial charge in [-0.1, -0.05) is 54.9 Å². The minimum atomic E-state index is -3.79. The largest absolute Gasteiger partial charge is 0.299 e. The van der Waals surface area contributed by atoms with Crippen molar-refractivity contribution in [3.05, 3.63) is 88.7 Å². The van der Waals surface area contributed by atoms with Gasteiger partial charge in [-0.2, -0.15) is 0 Å². The summed E-state index contributed by atoms with van der Waals surface area (Å²) >= 11 is 6.05. The van der Waals surface area contributed by atoms with E-state index in [9.17, 15) is 13.2 Å². The van der Waals surface area contributed by atoms with Gasteiger partial charge in [-0.3, -0.25) is 14.1 Å². The highest BCUT2D eigenvalue weighted by Gasteiger charge is 2.29. The monoisotopic (exact) mass is 468 g/mol. The molecule has 0 spiro atoms. The van der Waals surface area contributed by atoms with Crippen LogP contribution in [0, 0.1) is 0 Å². The smallest absolute Gasteiger partial charge is 0.264 e. The Balaban J connectivity index is 1.66. The fraction of sp³-hybridized carbons (Fsp3) is 0.280. The van der Waals surface area contributed by atoms with E-state index in [1.54, 1.807) is 30.5 Å². The summed E-state index contributed by atoms with van der Waals surface area (Å²) in [4.78, 5) is 17.5. The second-order valence-electron chi connectivity index (χ2n) is 8.07. The molecular weight excluding hydrogens is 444 g/mol. The molecule has 166 valence electrons. The predicted octanol–water partition coefficient (Wildman–Crippen LogP) is 5.18. The highest BCUT2D eigenvalue weighted by atomic mass is 35.5. The molecule has 3 aromatic rings. The molecule has 2 aromatic carbocycles. The molecule has 4 rings (SSSR count). The third kappa shape index (κ3) is 4.71. The SMILES string of the molecule is C[C@H](C(=O)Cc1cc2c(cn1)CCCCN2S(=O)(=O)c1cccc(Cl)c1)c1ccccc1. The Labute approximate surface area is 194 Å². The minimum absolute atomic E-state index is 0.0431. The summed E-state index contributed by atoms with van der Waals surface area (Å²) < 4.78 is 28.4. The van der Waals surface area contributed by atoms with Crippen LogP contribution in [-0.2, 0) is 27.7 Å². The summed E-state index contributed by atoms with van der Waals surface area (Å²) in [5.74, 6) is -0.218. The van der Waals surface area contributed by atoms with Crippen LogP contribution in [0.25, 0.3) is 0 Å². The van der Waals surface area contributed by atoms with E-state index in [0.717, 1.165) is 30.4 Å². The van der Waals surface area contributed by atoms with Gasteiger partial charge < -0.3 is 0 Å². The minimum Gasteiger partial charge on any atom is -0.299 e. The maximum absolute atomic E-state index is 13.5. The highest BCUT2D eigenvalue weighted by molar-refractivity contribution is 7.92. The van der Waals surface area contributed by atoms with Crippen LogP contribution in [0.15, 0.2) is 71.8 Å². The number of pyridine rings is 1. The van der Waals surface area contributed by atoms with Gasteiger partial charge in [-0.05, 0) is 54.7 Å². The number of ketones is 1. The van der Waals surface area contributed by atoms with E-state index in [2.05, 4.69) is 4.98 Å². The van der Waals surface area contributed by atoms with Gasteiger partial charge in [0.1, 0.15) is 5.78 Å². The van der Waals surface area contributed by atoms with Crippen LogP contribution in [0.3, 0.4) is 0 Å². The van der Waals surface area contributed by atoms with E-state index in [-0.39, 0.29) is 23.0 Å². The first-order chi connectivity index (χ1) is 15.4. The van der Waals surface area contributed by atoms with E-state index < -0.39 is 10.0 Å². The second-order valence-corrected chi connectivity index (χ2v) is 10.4. The van der Waals surface area contributed by atoms with Crippen molar-refractivity contribution >= 4 is 33.1 Å². The molecule has 5 nitrogen and oxygen atoms in total. The first-order valence-electron chi connectivity index (χ1n) is 10.7. The first-order valence-corrected chi connectivity index (χ1v) is 12.5. The number of halogens is 1. The fourth-order valence-corrected chi connectivity index (χ4v) is 5.83. The number of benzene rings is 2. The maximum atomic E-state index is 13.5. The molecule has 0 fully saturated rings. The number of hydrogen-bond donors (Lipinski definition) is 0. The van der Waals surface area contributed by atoms with Crippen molar-refractivity contribution in [1.82, 2.24) is 4.98 Å². The molecule has 0 saturated carbocycles. The molecule has 32 heavy (non-hydrogen) atoms. The normalized spacial score (nSPS) is 15.0. The number of fused-ring (bicyclic) bond motifs is 1. The van der Waals surface area contributed by atoms with Crippen LogP contribution >= 0.6 is 11.6 Å². The Morgan fingerprint density at radius 3 is 2.62 bits per heavy atom. The number of anilines is 1. The number of carbonyl (C=O) groups is 1. The van der Waals surface area contributed by atoms with E-state index in [4.69, 9.17) is 11.6 Å². The van der Waals surface area contributed by atoms with E-state index >= 15 is 0 Å². The van der Waals surface area contributed by atoms with E-state index in [1.165, 1.54) is 10.4 Å². The number of aromatic nitrogens is 1. The number of nitrogens with zero attached hydrogens (tertiary/aromatic N) is 2.